The SMILES string of the molecule is COC(=O)N1CCCCC1c1ccccc1. The molecule has 1 heterocycles. The van der Waals surface area contributed by atoms with Crippen LogP contribution in [0.5, 0.6) is 0 Å². The Morgan fingerprint density at radius 1 is 1.31 bits per heavy atom. The largest absolute Gasteiger partial charge is 0.453 e. The van der Waals surface area contributed by atoms with Crippen LogP contribution < -0.4 is 0 Å². The summed E-state index contributed by atoms with van der Waals surface area (Å²) in [5.41, 5.74) is 1.20. The maximum atomic E-state index is 11.7. The summed E-state index contributed by atoms with van der Waals surface area (Å²) in [7, 11) is 1.44. The minimum Gasteiger partial charge on any atom is -0.453 e. The number of carbonyl (C=O) groups excluding carboxylic acids is 1. The van der Waals surface area contributed by atoms with Crippen molar-refractivity contribution in [3.63, 3.8) is 0 Å². The zero-order chi connectivity index (χ0) is 11.4. The predicted molar refractivity (Wildman–Crippen MR) is 62.1 cm³/mol. The zero-order valence-electron chi connectivity index (χ0n) is 9.56. The molecule has 1 atom stereocenters. The first-order valence-corrected chi connectivity index (χ1v) is 5.72. The average Bonchev–Trinajstić information content (AvgIpc) is 2.39. The number of hydrogen-bond acceptors (Lipinski definition) is 2. The summed E-state index contributed by atoms with van der Waals surface area (Å²) >= 11 is 0. The molecule has 3 nitrogen and oxygen atoms in total. The molecule has 0 aliphatic carbocycles. The van der Waals surface area contributed by atoms with Crippen molar-refractivity contribution in [2.45, 2.75) is 25.3 Å². The van der Waals surface area contributed by atoms with E-state index in [0.717, 1.165) is 19.4 Å². The van der Waals surface area contributed by atoms with Gasteiger partial charge in [0.15, 0.2) is 0 Å². The lowest BCUT2D eigenvalue weighted by Gasteiger charge is -2.34. The van der Waals surface area contributed by atoms with Gasteiger partial charge in [0.1, 0.15) is 0 Å². The fourth-order valence-corrected chi connectivity index (χ4v) is 2.29. The van der Waals surface area contributed by atoms with Gasteiger partial charge in [-0.25, -0.2) is 4.79 Å². The number of nitrogens with zero attached hydrogens (tertiary/aromatic N) is 1. The molecule has 0 N–H and O–H groups in total. The Bertz CT molecular complexity index is 350. The minimum absolute atomic E-state index is 0.183. The van der Waals surface area contributed by atoms with Gasteiger partial charge < -0.3 is 9.64 Å². The van der Waals surface area contributed by atoms with Crippen LogP contribution in [0.4, 0.5) is 4.79 Å². The molecule has 3 heteroatoms. The number of benzene rings is 1. The molecule has 0 aromatic heterocycles. The molecule has 86 valence electrons. The van der Waals surface area contributed by atoms with Gasteiger partial charge in [0.2, 0.25) is 0 Å². The lowest BCUT2D eigenvalue weighted by atomic mass is 9.96. The Hall–Kier alpha value is -1.51. The van der Waals surface area contributed by atoms with Gasteiger partial charge in [-0.05, 0) is 24.8 Å². The normalized spacial score (nSPS) is 20.6. The highest BCUT2D eigenvalue weighted by molar-refractivity contribution is 5.68. The van der Waals surface area contributed by atoms with Crippen molar-refractivity contribution in [3.8, 4) is 0 Å². The smallest absolute Gasteiger partial charge is 0.409 e. The minimum atomic E-state index is -0.214. The van der Waals surface area contributed by atoms with Crippen LogP contribution in [0, 0.1) is 0 Å². The molecule has 1 amide bonds. The van der Waals surface area contributed by atoms with Crippen LogP contribution in [0.2, 0.25) is 0 Å². The first-order chi connectivity index (χ1) is 7.83. The third-order valence-electron chi connectivity index (χ3n) is 3.10. The molecule has 1 aliphatic rings. The van der Waals surface area contributed by atoms with E-state index in [0.29, 0.717) is 0 Å². The van der Waals surface area contributed by atoms with E-state index in [1.807, 2.05) is 23.1 Å². The summed E-state index contributed by atoms with van der Waals surface area (Å²) in [6.07, 6.45) is 3.05. The Balaban J connectivity index is 2.20. The van der Waals surface area contributed by atoms with Crippen LogP contribution in [0.3, 0.4) is 0 Å². The van der Waals surface area contributed by atoms with Gasteiger partial charge in [-0.2, -0.15) is 0 Å². The summed E-state index contributed by atoms with van der Waals surface area (Å²) in [6.45, 7) is 0.798. The second-order valence-corrected chi connectivity index (χ2v) is 4.09. The van der Waals surface area contributed by atoms with E-state index < -0.39 is 0 Å². The van der Waals surface area contributed by atoms with Gasteiger partial charge in [0.25, 0.3) is 0 Å². The Kier molecular flexibility index (Phi) is 3.44. The van der Waals surface area contributed by atoms with E-state index >= 15 is 0 Å². The van der Waals surface area contributed by atoms with Gasteiger partial charge in [-0.3, -0.25) is 0 Å². The highest BCUT2D eigenvalue weighted by atomic mass is 16.5. The number of hydrogen-bond donors (Lipinski definition) is 0. The van der Waals surface area contributed by atoms with Gasteiger partial charge in [-0.15, -0.1) is 0 Å². The molecule has 1 aromatic rings. The van der Waals surface area contributed by atoms with E-state index in [1.54, 1.807) is 0 Å². The number of ether oxygens (including phenoxy) is 1. The standard InChI is InChI=1S/C13H17NO2/c1-16-13(15)14-10-6-5-9-12(14)11-7-3-2-4-8-11/h2-4,7-8,12H,5-6,9-10H2,1H3. The van der Waals surface area contributed by atoms with Crippen molar-refractivity contribution in [1.82, 2.24) is 4.90 Å². The number of piperidine rings is 1. The fraction of sp³-hybridized carbons (Fsp3) is 0.462. The van der Waals surface area contributed by atoms with Gasteiger partial charge in [0, 0.05) is 6.54 Å². The van der Waals surface area contributed by atoms with Crippen LogP contribution >= 0.6 is 0 Å². The monoisotopic (exact) mass is 219 g/mol. The summed E-state index contributed by atoms with van der Waals surface area (Å²) in [5.74, 6) is 0. The molecular formula is C13H17NO2. The van der Waals surface area contributed by atoms with E-state index in [2.05, 4.69) is 12.1 Å². The first kappa shape index (κ1) is 11.0. The van der Waals surface area contributed by atoms with Crippen LogP contribution in [0.15, 0.2) is 30.3 Å². The molecule has 0 spiro atoms. The van der Waals surface area contributed by atoms with E-state index in [9.17, 15) is 4.79 Å². The van der Waals surface area contributed by atoms with Crippen LogP contribution in [0.1, 0.15) is 30.9 Å². The second-order valence-electron chi connectivity index (χ2n) is 4.09. The van der Waals surface area contributed by atoms with Crippen LogP contribution in [0.25, 0.3) is 0 Å². The molecule has 16 heavy (non-hydrogen) atoms. The van der Waals surface area contributed by atoms with Crippen molar-refractivity contribution >= 4 is 6.09 Å². The summed E-state index contributed by atoms with van der Waals surface area (Å²) in [6, 6.07) is 10.4. The van der Waals surface area contributed by atoms with E-state index in [-0.39, 0.29) is 12.1 Å². The summed E-state index contributed by atoms with van der Waals surface area (Å²) < 4.78 is 4.83. The fourth-order valence-electron chi connectivity index (χ4n) is 2.29. The number of rotatable bonds is 1. The quantitative estimate of drug-likeness (QED) is 0.726. The maximum Gasteiger partial charge on any atom is 0.409 e. The Morgan fingerprint density at radius 3 is 2.75 bits per heavy atom. The molecule has 1 fully saturated rings. The second kappa shape index (κ2) is 5.01. The lowest BCUT2D eigenvalue weighted by Crippen LogP contribution is -2.38. The predicted octanol–water partition coefficient (Wildman–Crippen LogP) is 2.98. The van der Waals surface area contributed by atoms with Crippen molar-refractivity contribution in [2.75, 3.05) is 13.7 Å². The van der Waals surface area contributed by atoms with Crippen molar-refractivity contribution < 1.29 is 9.53 Å². The lowest BCUT2D eigenvalue weighted by molar-refractivity contribution is 0.0895. The Labute approximate surface area is 96.0 Å². The molecule has 2 rings (SSSR count). The van der Waals surface area contributed by atoms with Crippen molar-refractivity contribution in [2.24, 2.45) is 0 Å². The number of methoxy groups -OCH3 is 1. The molecule has 0 saturated carbocycles. The van der Waals surface area contributed by atoms with Crippen LogP contribution in [-0.2, 0) is 4.74 Å². The first-order valence-electron chi connectivity index (χ1n) is 5.72. The third-order valence-corrected chi connectivity index (χ3v) is 3.10. The van der Waals surface area contributed by atoms with Gasteiger partial charge >= 0.3 is 6.09 Å². The zero-order valence-corrected chi connectivity index (χ0v) is 9.56. The number of amides is 1. The average molecular weight is 219 g/mol. The molecule has 1 saturated heterocycles. The van der Waals surface area contributed by atoms with Gasteiger partial charge in [-0.1, -0.05) is 30.3 Å². The molecule has 1 aliphatic heterocycles. The van der Waals surface area contributed by atoms with E-state index in [4.69, 9.17) is 4.74 Å². The van der Waals surface area contributed by atoms with E-state index in [1.165, 1.54) is 19.1 Å². The van der Waals surface area contributed by atoms with Crippen LogP contribution in [-0.4, -0.2) is 24.6 Å². The molecular weight excluding hydrogens is 202 g/mol. The highest BCUT2D eigenvalue weighted by Gasteiger charge is 2.28. The molecule has 0 bridgehead atoms. The van der Waals surface area contributed by atoms with Crippen molar-refractivity contribution in [3.05, 3.63) is 35.9 Å². The molecule has 1 aromatic carbocycles. The summed E-state index contributed by atoms with van der Waals surface area (Å²) in [4.78, 5) is 13.5. The maximum absolute atomic E-state index is 11.7. The van der Waals surface area contributed by atoms with Gasteiger partial charge in [0.05, 0.1) is 13.2 Å². The van der Waals surface area contributed by atoms with Crippen molar-refractivity contribution in [1.29, 1.82) is 0 Å². The summed E-state index contributed by atoms with van der Waals surface area (Å²) in [5, 5.41) is 0. The molecule has 0 radical (unpaired) electrons. The number of likely N-dealkylation sites (tertiary alicyclic amines) is 1. The number of carbonyl (C=O) groups is 1. The third kappa shape index (κ3) is 2.18. The highest BCUT2D eigenvalue weighted by Crippen LogP contribution is 2.30. The Morgan fingerprint density at radius 2 is 2.06 bits per heavy atom. The molecule has 1 unspecified atom stereocenters. The topological polar surface area (TPSA) is 29.5 Å².